The second-order valence-electron chi connectivity index (χ2n) is 3.81. The first-order valence-corrected chi connectivity index (χ1v) is 6.70. The number of alkyl halides is 3. The molecule has 20 heavy (non-hydrogen) atoms. The van der Waals surface area contributed by atoms with Gasteiger partial charge in [0.2, 0.25) is 10.0 Å². The highest BCUT2D eigenvalue weighted by Gasteiger charge is 2.29. The smallest absolute Gasteiger partial charge is 0.390 e. The van der Waals surface area contributed by atoms with Crippen molar-refractivity contribution in [1.82, 2.24) is 4.72 Å². The van der Waals surface area contributed by atoms with Crippen molar-refractivity contribution in [2.75, 3.05) is 6.54 Å². The van der Waals surface area contributed by atoms with Gasteiger partial charge >= 0.3 is 6.18 Å². The maximum atomic E-state index is 13.4. The minimum absolute atomic E-state index is 0.222. The van der Waals surface area contributed by atoms with Crippen molar-refractivity contribution in [3.8, 4) is 0 Å². The van der Waals surface area contributed by atoms with E-state index in [0.717, 1.165) is 0 Å². The fourth-order valence-corrected chi connectivity index (χ4v) is 2.48. The zero-order valence-electron chi connectivity index (χ0n) is 9.84. The van der Waals surface area contributed by atoms with Gasteiger partial charge in [0.15, 0.2) is 11.6 Å². The average molecular weight is 319 g/mol. The van der Waals surface area contributed by atoms with E-state index in [9.17, 15) is 30.4 Å². The summed E-state index contributed by atoms with van der Waals surface area (Å²) < 4.78 is 86.9. The molecule has 0 spiro atoms. The molecule has 0 saturated heterocycles. The minimum atomic E-state index is -4.64. The molecule has 0 aliphatic rings. The summed E-state index contributed by atoms with van der Waals surface area (Å²) in [4.78, 5) is -1.15. The minimum Gasteiger partial charge on any atom is -0.392 e. The van der Waals surface area contributed by atoms with E-state index in [1.165, 1.54) is 4.72 Å². The Kier molecular flexibility index (Phi) is 5.05. The van der Waals surface area contributed by atoms with Crippen LogP contribution in [0, 0.1) is 11.6 Å². The molecule has 0 saturated carbocycles. The maximum absolute atomic E-state index is 13.4. The molecule has 0 radical (unpaired) electrons. The number of hydrogen-bond donors (Lipinski definition) is 2. The van der Waals surface area contributed by atoms with Crippen LogP contribution in [-0.2, 0) is 16.6 Å². The molecule has 0 fully saturated rings. The fraction of sp³-hybridized carbons (Fsp3) is 0.400. The van der Waals surface area contributed by atoms with Crippen LogP contribution in [0.5, 0.6) is 0 Å². The molecule has 0 bridgehead atoms. The highest BCUT2D eigenvalue weighted by atomic mass is 32.2. The highest BCUT2D eigenvalue weighted by molar-refractivity contribution is 7.89. The third-order valence-electron chi connectivity index (χ3n) is 2.23. The first kappa shape index (κ1) is 16.8. The lowest BCUT2D eigenvalue weighted by molar-refractivity contribution is -0.132. The third kappa shape index (κ3) is 4.39. The number of aliphatic hydroxyl groups is 1. The number of rotatable bonds is 5. The zero-order valence-corrected chi connectivity index (χ0v) is 10.7. The van der Waals surface area contributed by atoms with E-state index >= 15 is 0 Å². The highest BCUT2D eigenvalue weighted by Crippen LogP contribution is 2.21. The van der Waals surface area contributed by atoms with Crippen LogP contribution in [0.4, 0.5) is 22.0 Å². The monoisotopic (exact) mass is 319 g/mol. The van der Waals surface area contributed by atoms with E-state index in [2.05, 4.69) is 0 Å². The van der Waals surface area contributed by atoms with Crippen molar-refractivity contribution in [2.24, 2.45) is 0 Å². The van der Waals surface area contributed by atoms with Gasteiger partial charge < -0.3 is 5.11 Å². The van der Waals surface area contributed by atoms with Gasteiger partial charge in [-0.1, -0.05) is 0 Å². The molecule has 1 aromatic rings. The molecular formula is C10H10F5NO3S. The standard InChI is InChI=1S/C10H10F5NO3S/c11-7-3-6(5-17)4-8(9(7)12)20(18,19)16-2-1-10(13,14)15/h3-4,16-17H,1-2,5H2. The lowest BCUT2D eigenvalue weighted by Crippen LogP contribution is -2.29. The van der Waals surface area contributed by atoms with Crippen molar-refractivity contribution in [3.63, 3.8) is 0 Å². The molecule has 0 amide bonds. The SMILES string of the molecule is O=S(=O)(NCCC(F)(F)F)c1cc(CO)cc(F)c1F. The van der Waals surface area contributed by atoms with Crippen molar-refractivity contribution < 1.29 is 35.5 Å². The summed E-state index contributed by atoms with van der Waals surface area (Å²) in [6.45, 7) is -1.75. The van der Waals surface area contributed by atoms with Gasteiger partial charge in [-0.05, 0) is 17.7 Å². The summed E-state index contributed by atoms with van der Waals surface area (Å²) in [6, 6.07) is 1.23. The van der Waals surface area contributed by atoms with Crippen LogP contribution < -0.4 is 4.72 Å². The second kappa shape index (κ2) is 6.02. The maximum Gasteiger partial charge on any atom is 0.390 e. The predicted octanol–water partition coefficient (Wildman–Crippen LogP) is 1.69. The summed E-state index contributed by atoms with van der Waals surface area (Å²) in [5.74, 6) is -3.24. The molecule has 0 aromatic heterocycles. The van der Waals surface area contributed by atoms with Crippen LogP contribution in [0.1, 0.15) is 12.0 Å². The molecule has 1 rings (SSSR count). The Balaban J connectivity index is 3.01. The average Bonchev–Trinajstić information content (AvgIpc) is 2.30. The Hall–Kier alpha value is -1.26. The molecule has 0 atom stereocenters. The molecule has 0 aliphatic heterocycles. The molecule has 0 aliphatic carbocycles. The normalized spacial score (nSPS) is 12.7. The molecule has 0 heterocycles. The first-order chi connectivity index (χ1) is 9.07. The number of benzene rings is 1. The number of hydrogen-bond acceptors (Lipinski definition) is 3. The Morgan fingerprint density at radius 1 is 1.20 bits per heavy atom. The summed E-state index contributed by atoms with van der Waals surface area (Å²) in [5.41, 5.74) is -0.222. The Morgan fingerprint density at radius 3 is 2.30 bits per heavy atom. The van der Waals surface area contributed by atoms with E-state index in [1.807, 2.05) is 0 Å². The van der Waals surface area contributed by atoms with Crippen molar-refractivity contribution in [1.29, 1.82) is 0 Å². The molecule has 4 nitrogen and oxygen atoms in total. The van der Waals surface area contributed by atoms with Gasteiger partial charge in [0.1, 0.15) is 4.90 Å². The zero-order chi connectivity index (χ0) is 15.6. The van der Waals surface area contributed by atoms with Gasteiger partial charge in [-0.2, -0.15) is 13.2 Å². The summed E-state index contributed by atoms with van der Waals surface area (Å²) in [7, 11) is -4.64. The predicted molar refractivity (Wildman–Crippen MR) is 58.1 cm³/mol. The van der Waals surface area contributed by atoms with Gasteiger partial charge in [0.25, 0.3) is 0 Å². The molecule has 114 valence electrons. The van der Waals surface area contributed by atoms with E-state index in [4.69, 9.17) is 5.11 Å². The van der Waals surface area contributed by atoms with Gasteiger partial charge in [0, 0.05) is 6.54 Å². The van der Waals surface area contributed by atoms with Crippen LogP contribution >= 0.6 is 0 Å². The van der Waals surface area contributed by atoms with Gasteiger partial charge in [0.05, 0.1) is 13.0 Å². The van der Waals surface area contributed by atoms with Crippen LogP contribution in [-0.4, -0.2) is 26.2 Å². The van der Waals surface area contributed by atoms with Crippen molar-refractivity contribution in [3.05, 3.63) is 29.3 Å². The molecule has 10 heteroatoms. The third-order valence-corrected chi connectivity index (χ3v) is 3.69. The molecule has 2 N–H and O–H groups in total. The number of aliphatic hydroxyl groups excluding tert-OH is 1. The molecule has 1 aromatic carbocycles. The summed E-state index contributed by atoms with van der Waals surface area (Å²) in [6.07, 6.45) is -6.03. The van der Waals surface area contributed by atoms with E-state index in [0.29, 0.717) is 12.1 Å². The van der Waals surface area contributed by atoms with Crippen molar-refractivity contribution >= 4 is 10.0 Å². The Morgan fingerprint density at radius 2 is 1.80 bits per heavy atom. The van der Waals surface area contributed by atoms with Gasteiger partial charge in [-0.3, -0.25) is 0 Å². The fourth-order valence-electron chi connectivity index (χ4n) is 1.31. The van der Waals surface area contributed by atoms with Crippen LogP contribution in [0.15, 0.2) is 17.0 Å². The number of sulfonamides is 1. The summed E-state index contributed by atoms with van der Waals surface area (Å²) >= 11 is 0. The summed E-state index contributed by atoms with van der Waals surface area (Å²) in [5, 5.41) is 8.77. The largest absolute Gasteiger partial charge is 0.392 e. The van der Waals surface area contributed by atoms with Gasteiger partial charge in [-0.15, -0.1) is 0 Å². The van der Waals surface area contributed by atoms with E-state index < -0.39 is 52.3 Å². The van der Waals surface area contributed by atoms with Gasteiger partial charge in [-0.25, -0.2) is 21.9 Å². The number of halogens is 5. The van der Waals surface area contributed by atoms with E-state index in [-0.39, 0.29) is 5.56 Å². The lowest BCUT2D eigenvalue weighted by atomic mass is 10.2. The quantitative estimate of drug-likeness (QED) is 0.812. The second-order valence-corrected chi connectivity index (χ2v) is 5.55. The van der Waals surface area contributed by atoms with E-state index in [1.54, 1.807) is 0 Å². The lowest BCUT2D eigenvalue weighted by Gasteiger charge is -2.10. The Bertz CT molecular complexity index is 585. The van der Waals surface area contributed by atoms with Crippen molar-refractivity contribution in [2.45, 2.75) is 24.1 Å². The van der Waals surface area contributed by atoms with Crippen LogP contribution in [0.25, 0.3) is 0 Å². The van der Waals surface area contributed by atoms with Crippen LogP contribution in [0.2, 0.25) is 0 Å². The molecular weight excluding hydrogens is 309 g/mol. The topological polar surface area (TPSA) is 66.4 Å². The first-order valence-electron chi connectivity index (χ1n) is 5.22. The Labute approximate surface area is 111 Å². The molecule has 0 unspecified atom stereocenters. The van der Waals surface area contributed by atoms with Crippen LogP contribution in [0.3, 0.4) is 0 Å². The number of nitrogens with one attached hydrogen (secondary N) is 1.